The summed E-state index contributed by atoms with van der Waals surface area (Å²) in [4.78, 5) is 5.63. The third-order valence-corrected chi connectivity index (χ3v) is 15.3. The topological polar surface area (TPSA) is 36.3 Å². The molecule has 14 rings (SSSR count). The largest absolute Gasteiger partial charge is 0.659 e. The fraction of sp³-hybridized carbons (Fsp3) is 0.127. The third-order valence-electron chi connectivity index (χ3n) is 15.3. The van der Waals surface area contributed by atoms with Gasteiger partial charge in [-0.2, -0.15) is 0 Å². The van der Waals surface area contributed by atoms with E-state index in [1.54, 1.807) is 0 Å². The van der Waals surface area contributed by atoms with Crippen LogP contribution in [0.1, 0.15) is 71.4 Å². The van der Waals surface area contributed by atoms with Gasteiger partial charge in [0, 0.05) is 62.2 Å². The zero-order valence-electron chi connectivity index (χ0n) is 37.6. The highest BCUT2D eigenvalue weighted by Crippen LogP contribution is 2.51. The minimum absolute atomic E-state index is 0.0585. The van der Waals surface area contributed by atoms with Crippen LogP contribution in [0.3, 0.4) is 0 Å². The summed E-state index contributed by atoms with van der Waals surface area (Å²) < 4.78 is 4.89. The quantitative estimate of drug-likeness (QED) is 0.165. The molecule has 0 spiro atoms. The second kappa shape index (κ2) is 14.5. The van der Waals surface area contributed by atoms with E-state index in [0.29, 0.717) is 5.92 Å². The summed E-state index contributed by atoms with van der Waals surface area (Å²) in [5.41, 5.74) is 22.1. The van der Waals surface area contributed by atoms with Gasteiger partial charge in [-0.25, -0.2) is 0 Å². The first-order chi connectivity index (χ1) is 33.0. The van der Waals surface area contributed by atoms with Crippen molar-refractivity contribution in [2.24, 2.45) is 10.9 Å². The first-order valence-corrected chi connectivity index (χ1v) is 23.8. The molecule has 4 heteroatoms. The van der Waals surface area contributed by atoms with E-state index >= 15 is 0 Å². The summed E-state index contributed by atoms with van der Waals surface area (Å²) in [6.45, 7) is 4.69. The maximum atomic E-state index is 5.63. The van der Waals surface area contributed by atoms with Crippen molar-refractivity contribution in [3.63, 3.8) is 0 Å². The van der Waals surface area contributed by atoms with E-state index in [1.807, 2.05) is 0 Å². The summed E-state index contributed by atoms with van der Waals surface area (Å²) in [7, 11) is 0. The highest BCUT2D eigenvalue weighted by Gasteiger charge is 2.36. The van der Waals surface area contributed by atoms with Gasteiger partial charge in [0.1, 0.15) is 0 Å². The van der Waals surface area contributed by atoms with Crippen molar-refractivity contribution < 1.29 is 0 Å². The molecule has 0 fully saturated rings. The molecular formula is C63H47N4-. The number of aromatic nitrogens is 2. The van der Waals surface area contributed by atoms with E-state index in [2.05, 4.69) is 229 Å². The first kappa shape index (κ1) is 38.3. The van der Waals surface area contributed by atoms with Crippen molar-refractivity contribution in [1.29, 1.82) is 0 Å². The molecule has 67 heavy (non-hydrogen) atoms. The van der Waals surface area contributed by atoms with Gasteiger partial charge in [-0.1, -0.05) is 171 Å². The van der Waals surface area contributed by atoms with E-state index in [1.165, 1.54) is 83.0 Å². The van der Waals surface area contributed by atoms with Gasteiger partial charge >= 0.3 is 0 Å². The van der Waals surface area contributed by atoms with Crippen LogP contribution in [-0.2, 0) is 11.8 Å². The van der Waals surface area contributed by atoms with Crippen LogP contribution in [0.4, 0.5) is 0 Å². The van der Waals surface area contributed by atoms with Gasteiger partial charge in [-0.15, -0.1) is 5.70 Å². The Bertz CT molecular complexity index is 3770. The average molecular weight is 860 g/mol. The van der Waals surface area contributed by atoms with E-state index in [0.717, 1.165) is 46.6 Å². The summed E-state index contributed by atoms with van der Waals surface area (Å²) in [5, 5.41) is 9.48. The molecule has 0 saturated heterocycles. The molecule has 7 aromatic carbocycles. The second-order valence-electron chi connectivity index (χ2n) is 19.3. The molecular weight excluding hydrogens is 813 g/mol. The highest BCUT2D eigenvalue weighted by molar-refractivity contribution is 6.18. The fourth-order valence-corrected chi connectivity index (χ4v) is 12.2. The Labute approximate surface area is 391 Å². The van der Waals surface area contributed by atoms with E-state index in [4.69, 9.17) is 10.3 Å². The molecule has 4 aliphatic carbocycles. The molecule has 4 nitrogen and oxygen atoms in total. The number of rotatable bonds is 5. The smallest absolute Gasteiger partial charge is 0.0692 e. The van der Waals surface area contributed by atoms with Crippen LogP contribution in [0, 0.1) is 5.92 Å². The van der Waals surface area contributed by atoms with Gasteiger partial charge in [-0.3, -0.25) is 4.99 Å². The van der Waals surface area contributed by atoms with Gasteiger partial charge in [0.15, 0.2) is 0 Å². The van der Waals surface area contributed by atoms with Crippen molar-refractivity contribution >= 4 is 44.5 Å². The zero-order chi connectivity index (χ0) is 44.4. The Morgan fingerprint density at radius 2 is 1.34 bits per heavy atom. The maximum Gasteiger partial charge on any atom is 0.0692 e. The van der Waals surface area contributed by atoms with Crippen molar-refractivity contribution in [3.05, 3.63) is 261 Å². The number of hydrogen-bond donors (Lipinski definition) is 0. The highest BCUT2D eigenvalue weighted by atomic mass is 15.1. The lowest BCUT2D eigenvalue weighted by molar-refractivity contribution is 0.660. The number of hydrogen-bond acceptors (Lipinski definition) is 1. The minimum atomic E-state index is -0.402. The van der Waals surface area contributed by atoms with Crippen LogP contribution in [0.2, 0.25) is 0 Å². The molecule has 320 valence electrons. The molecule has 3 atom stereocenters. The monoisotopic (exact) mass is 859 g/mol. The van der Waals surface area contributed by atoms with Gasteiger partial charge in [-0.05, 0) is 112 Å². The lowest BCUT2D eigenvalue weighted by Crippen LogP contribution is -2.22. The summed E-state index contributed by atoms with van der Waals surface area (Å²) in [6.07, 6.45) is 17.6. The SMILES string of the molecule is CC1(C)c2ccccc2-c2cc(C3=NC(c4cccc(-n5c6c(c7ccccc75)CC(c5cccc7c5c5ccccc5n7-c5ccccc5)C=C6)c4)[N-]C4=C5C=CC=CC5CC=C34)ccc21. The van der Waals surface area contributed by atoms with Crippen LogP contribution in [0.25, 0.3) is 66.6 Å². The molecule has 0 saturated carbocycles. The van der Waals surface area contributed by atoms with Crippen molar-refractivity contribution in [3.8, 4) is 22.5 Å². The van der Waals surface area contributed by atoms with Gasteiger partial charge in [0.05, 0.1) is 22.3 Å². The van der Waals surface area contributed by atoms with Crippen molar-refractivity contribution in [2.75, 3.05) is 0 Å². The first-order valence-electron chi connectivity index (χ1n) is 23.8. The lowest BCUT2D eigenvalue weighted by Gasteiger charge is -2.44. The third kappa shape index (κ3) is 5.69. The van der Waals surface area contributed by atoms with E-state index in [-0.39, 0.29) is 11.3 Å². The maximum absolute atomic E-state index is 5.63. The normalized spacial score (nSPS) is 19.7. The number of allylic oxidation sites excluding steroid dienone is 8. The second-order valence-corrected chi connectivity index (χ2v) is 19.3. The molecule has 0 bridgehead atoms. The Morgan fingerprint density at radius 1 is 0.597 bits per heavy atom. The molecule has 3 unspecified atom stereocenters. The number of nitrogens with zero attached hydrogens (tertiary/aromatic N) is 4. The summed E-state index contributed by atoms with van der Waals surface area (Å²) >= 11 is 0. The van der Waals surface area contributed by atoms with Gasteiger partial charge < -0.3 is 14.5 Å². The molecule has 2 aromatic heterocycles. The fourth-order valence-electron chi connectivity index (χ4n) is 12.2. The molecule has 9 aromatic rings. The number of para-hydroxylation sites is 3. The van der Waals surface area contributed by atoms with Crippen LogP contribution in [0.5, 0.6) is 0 Å². The number of aliphatic imine (C=N–C) groups is 1. The Balaban J connectivity index is 0.881. The standard InChI is InChI=1S/C63H47N4/c1-63(2)53-26-11-8-22-47(53)51-38-41(31-34-54(51)63)60-50-33-30-39-16-6-7-21-46(39)61(50)65-62(64-60)42-17-14-20-44(36-42)67-55-27-12-9-23-48(55)52-37-40(32-35-57(52)67)45-25-15-29-58-59(45)49-24-10-13-28-56(49)66(58)43-18-4-3-5-19-43/h3-29,31-36,38-40,62H,30,37H2,1-2H3/q-1. The average Bonchev–Trinajstić information content (AvgIpc) is 3.99. The summed E-state index contributed by atoms with van der Waals surface area (Å²) in [6, 6.07) is 60.4. The van der Waals surface area contributed by atoms with E-state index in [9.17, 15) is 0 Å². The number of fused-ring (bicyclic) bond motifs is 11. The molecule has 0 radical (unpaired) electrons. The van der Waals surface area contributed by atoms with Crippen LogP contribution in [0.15, 0.2) is 222 Å². The van der Waals surface area contributed by atoms with E-state index < -0.39 is 6.17 Å². The minimum Gasteiger partial charge on any atom is -0.659 e. The van der Waals surface area contributed by atoms with Crippen LogP contribution in [-0.4, -0.2) is 14.8 Å². The van der Waals surface area contributed by atoms with Gasteiger partial charge in [0.25, 0.3) is 0 Å². The predicted molar refractivity (Wildman–Crippen MR) is 278 cm³/mol. The molecule has 5 aliphatic rings. The van der Waals surface area contributed by atoms with Crippen molar-refractivity contribution in [1.82, 2.24) is 9.13 Å². The number of benzene rings is 7. The Morgan fingerprint density at radius 3 is 2.24 bits per heavy atom. The van der Waals surface area contributed by atoms with Crippen LogP contribution >= 0.6 is 0 Å². The molecule has 3 heterocycles. The predicted octanol–water partition coefficient (Wildman–Crippen LogP) is 15.6. The molecule has 1 aliphatic heterocycles. The Hall–Kier alpha value is -7.95. The zero-order valence-corrected chi connectivity index (χ0v) is 37.6. The van der Waals surface area contributed by atoms with Gasteiger partial charge in [0.2, 0.25) is 0 Å². The lowest BCUT2D eigenvalue weighted by atomic mass is 9.79. The molecule has 0 N–H and O–H groups in total. The Kier molecular flexibility index (Phi) is 8.31. The summed E-state index contributed by atoms with van der Waals surface area (Å²) in [5.74, 6) is 0.526. The van der Waals surface area contributed by atoms with Crippen LogP contribution < -0.4 is 0 Å². The van der Waals surface area contributed by atoms with Crippen molar-refractivity contribution in [2.45, 2.75) is 44.2 Å². The molecule has 0 amide bonds.